The molecular formula is C20H18ClN2OS. The van der Waals surface area contributed by atoms with Gasteiger partial charge in [-0.05, 0) is 35.2 Å². The molecule has 0 unspecified atom stereocenters. The van der Waals surface area contributed by atoms with Crippen LogP contribution in [-0.2, 0) is 17.9 Å². The van der Waals surface area contributed by atoms with Gasteiger partial charge in [0.15, 0.2) is 0 Å². The Hall–Kier alpha value is -1.88. The molecule has 0 aliphatic carbocycles. The van der Waals surface area contributed by atoms with E-state index in [4.69, 9.17) is 11.6 Å². The number of piperazine rings is 1. The lowest BCUT2D eigenvalue weighted by atomic mass is 10.2. The number of amides is 1. The Bertz CT molecular complexity index is 893. The van der Waals surface area contributed by atoms with Gasteiger partial charge in [0.1, 0.15) is 0 Å². The first-order valence-electron chi connectivity index (χ1n) is 8.30. The summed E-state index contributed by atoms with van der Waals surface area (Å²) in [5.41, 5.74) is 1.15. The van der Waals surface area contributed by atoms with Gasteiger partial charge in [0, 0.05) is 40.8 Å². The van der Waals surface area contributed by atoms with Gasteiger partial charge in [-0.1, -0.05) is 41.9 Å². The van der Waals surface area contributed by atoms with Crippen LogP contribution in [0.5, 0.6) is 0 Å². The SMILES string of the molecule is O=C1CN(Cc2cc3ccc(Cl)cc3s2)CCN1Cc1cc[c]cc1. The molecule has 1 fully saturated rings. The maximum atomic E-state index is 12.5. The molecule has 25 heavy (non-hydrogen) atoms. The third-order valence-electron chi connectivity index (χ3n) is 4.47. The van der Waals surface area contributed by atoms with Crippen LogP contribution in [0.3, 0.4) is 0 Å². The molecule has 0 saturated carbocycles. The molecule has 0 atom stereocenters. The van der Waals surface area contributed by atoms with E-state index < -0.39 is 0 Å². The molecule has 3 nitrogen and oxygen atoms in total. The molecule has 1 aromatic heterocycles. The summed E-state index contributed by atoms with van der Waals surface area (Å²) in [6.07, 6.45) is 0. The number of carbonyl (C=O) groups is 1. The standard InChI is InChI=1S/C20H18ClN2OS/c21-17-7-6-16-10-18(25-19(16)11-17)13-22-8-9-23(20(24)14-22)12-15-4-2-1-3-5-15/h2-7,10-11H,8-9,12-14H2. The lowest BCUT2D eigenvalue weighted by molar-refractivity contribution is -0.136. The quantitative estimate of drug-likeness (QED) is 0.688. The van der Waals surface area contributed by atoms with Crippen LogP contribution in [0.4, 0.5) is 0 Å². The van der Waals surface area contributed by atoms with Gasteiger partial charge in [-0.2, -0.15) is 0 Å². The first-order chi connectivity index (χ1) is 12.2. The van der Waals surface area contributed by atoms with E-state index in [1.807, 2.05) is 41.3 Å². The molecule has 1 aliphatic heterocycles. The Labute approximate surface area is 156 Å². The number of halogens is 1. The van der Waals surface area contributed by atoms with Crippen molar-refractivity contribution < 1.29 is 4.79 Å². The monoisotopic (exact) mass is 369 g/mol. The number of hydrogen-bond donors (Lipinski definition) is 0. The van der Waals surface area contributed by atoms with Crippen molar-refractivity contribution in [3.63, 3.8) is 0 Å². The highest BCUT2D eigenvalue weighted by atomic mass is 35.5. The lowest BCUT2D eigenvalue weighted by Crippen LogP contribution is -2.49. The third kappa shape index (κ3) is 3.87. The number of rotatable bonds is 4. The van der Waals surface area contributed by atoms with E-state index in [-0.39, 0.29) is 5.91 Å². The van der Waals surface area contributed by atoms with E-state index in [9.17, 15) is 4.79 Å². The fourth-order valence-corrected chi connectivity index (χ4v) is 4.55. The van der Waals surface area contributed by atoms with Crippen LogP contribution >= 0.6 is 22.9 Å². The van der Waals surface area contributed by atoms with Crippen molar-refractivity contribution in [1.82, 2.24) is 9.80 Å². The molecule has 0 bridgehead atoms. The zero-order valence-electron chi connectivity index (χ0n) is 13.7. The number of nitrogens with zero attached hydrogens (tertiary/aromatic N) is 2. The summed E-state index contributed by atoms with van der Waals surface area (Å²) in [7, 11) is 0. The van der Waals surface area contributed by atoms with Crippen molar-refractivity contribution in [1.29, 1.82) is 0 Å². The average Bonchev–Trinajstić information content (AvgIpc) is 2.99. The van der Waals surface area contributed by atoms with Gasteiger partial charge < -0.3 is 4.90 Å². The maximum Gasteiger partial charge on any atom is 0.237 e. The number of carbonyl (C=O) groups excluding carboxylic acids is 1. The molecule has 127 valence electrons. The van der Waals surface area contributed by atoms with Gasteiger partial charge >= 0.3 is 0 Å². The predicted molar refractivity (Wildman–Crippen MR) is 103 cm³/mol. The number of thiophene rings is 1. The Kier molecular flexibility index (Phi) is 4.75. The van der Waals surface area contributed by atoms with Crippen LogP contribution in [0, 0.1) is 6.07 Å². The highest BCUT2D eigenvalue weighted by molar-refractivity contribution is 7.19. The highest BCUT2D eigenvalue weighted by Gasteiger charge is 2.24. The van der Waals surface area contributed by atoms with E-state index in [1.165, 1.54) is 15.0 Å². The molecule has 2 aromatic carbocycles. The normalized spacial score (nSPS) is 15.9. The number of hydrogen-bond acceptors (Lipinski definition) is 3. The van der Waals surface area contributed by atoms with Crippen LogP contribution in [-0.4, -0.2) is 35.3 Å². The van der Waals surface area contributed by atoms with Crippen molar-refractivity contribution in [3.8, 4) is 0 Å². The van der Waals surface area contributed by atoms with Crippen LogP contribution in [0.1, 0.15) is 10.4 Å². The van der Waals surface area contributed by atoms with Crippen LogP contribution < -0.4 is 0 Å². The summed E-state index contributed by atoms with van der Waals surface area (Å²) in [4.78, 5) is 17.9. The summed E-state index contributed by atoms with van der Waals surface area (Å²) >= 11 is 7.82. The third-order valence-corrected chi connectivity index (χ3v) is 5.79. The van der Waals surface area contributed by atoms with Crippen molar-refractivity contribution in [3.05, 3.63) is 70.1 Å². The van der Waals surface area contributed by atoms with Crippen LogP contribution in [0.25, 0.3) is 10.1 Å². The molecule has 0 spiro atoms. The fraction of sp³-hybridized carbons (Fsp3) is 0.250. The van der Waals surface area contributed by atoms with E-state index in [0.29, 0.717) is 13.1 Å². The van der Waals surface area contributed by atoms with E-state index in [2.05, 4.69) is 23.1 Å². The Morgan fingerprint density at radius 3 is 2.72 bits per heavy atom. The molecule has 3 aromatic rings. The topological polar surface area (TPSA) is 23.6 Å². The van der Waals surface area contributed by atoms with Gasteiger partial charge in [-0.3, -0.25) is 9.69 Å². The maximum absolute atomic E-state index is 12.5. The molecule has 0 N–H and O–H groups in total. The number of fused-ring (bicyclic) bond motifs is 1. The van der Waals surface area contributed by atoms with Gasteiger partial charge in [0.2, 0.25) is 5.91 Å². The first-order valence-corrected chi connectivity index (χ1v) is 9.50. The smallest absolute Gasteiger partial charge is 0.237 e. The summed E-state index contributed by atoms with van der Waals surface area (Å²) < 4.78 is 1.20. The molecule has 2 heterocycles. The van der Waals surface area contributed by atoms with E-state index in [1.54, 1.807) is 11.3 Å². The second-order valence-corrected chi connectivity index (χ2v) is 7.93. The van der Waals surface area contributed by atoms with Crippen molar-refractivity contribution in [2.75, 3.05) is 19.6 Å². The van der Waals surface area contributed by atoms with Gasteiger partial charge in [-0.15, -0.1) is 11.3 Å². The van der Waals surface area contributed by atoms with Crippen LogP contribution in [0.15, 0.2) is 48.5 Å². The molecule has 1 aliphatic rings. The zero-order chi connectivity index (χ0) is 17.2. The minimum absolute atomic E-state index is 0.197. The van der Waals surface area contributed by atoms with Gasteiger partial charge in [0.25, 0.3) is 0 Å². The largest absolute Gasteiger partial charge is 0.336 e. The van der Waals surface area contributed by atoms with Crippen molar-refractivity contribution in [2.24, 2.45) is 0 Å². The highest BCUT2D eigenvalue weighted by Crippen LogP contribution is 2.29. The Morgan fingerprint density at radius 2 is 1.92 bits per heavy atom. The number of benzene rings is 2. The molecule has 1 amide bonds. The summed E-state index contributed by atoms with van der Waals surface area (Å²) in [5, 5.41) is 1.98. The zero-order valence-corrected chi connectivity index (χ0v) is 15.3. The summed E-state index contributed by atoms with van der Waals surface area (Å²) in [6, 6.07) is 19.0. The van der Waals surface area contributed by atoms with Gasteiger partial charge in [0.05, 0.1) is 6.54 Å². The second kappa shape index (κ2) is 7.16. The van der Waals surface area contributed by atoms with Crippen molar-refractivity contribution in [2.45, 2.75) is 13.1 Å². The first kappa shape index (κ1) is 16.6. The van der Waals surface area contributed by atoms with E-state index >= 15 is 0 Å². The van der Waals surface area contributed by atoms with Crippen molar-refractivity contribution >= 4 is 38.9 Å². The summed E-state index contributed by atoms with van der Waals surface area (Å²) in [5.74, 6) is 0.197. The molecular weight excluding hydrogens is 352 g/mol. The summed E-state index contributed by atoms with van der Waals surface area (Å²) in [6.45, 7) is 3.65. The molecule has 1 saturated heterocycles. The minimum Gasteiger partial charge on any atom is -0.336 e. The lowest BCUT2D eigenvalue weighted by Gasteiger charge is -2.34. The van der Waals surface area contributed by atoms with E-state index in [0.717, 1.165) is 30.2 Å². The second-order valence-electron chi connectivity index (χ2n) is 6.33. The molecule has 1 radical (unpaired) electrons. The predicted octanol–water partition coefficient (Wildman–Crippen LogP) is 4.20. The van der Waals surface area contributed by atoms with Gasteiger partial charge in [-0.25, -0.2) is 0 Å². The average molecular weight is 370 g/mol. The Morgan fingerprint density at radius 1 is 1.08 bits per heavy atom. The van der Waals surface area contributed by atoms with Crippen LogP contribution in [0.2, 0.25) is 5.02 Å². The fourth-order valence-electron chi connectivity index (χ4n) is 3.16. The molecule has 4 rings (SSSR count). The minimum atomic E-state index is 0.197. The molecule has 5 heteroatoms. The Balaban J connectivity index is 1.39.